The van der Waals surface area contributed by atoms with Gasteiger partial charge in [0.1, 0.15) is 11.5 Å². The molecule has 0 saturated heterocycles. The number of anilines is 2. The highest BCUT2D eigenvalue weighted by molar-refractivity contribution is 6.11. The highest BCUT2D eigenvalue weighted by atomic mass is 16.5. The smallest absolute Gasteiger partial charge is 0.259 e. The van der Waals surface area contributed by atoms with E-state index in [0.29, 0.717) is 23.4 Å². The van der Waals surface area contributed by atoms with Crippen molar-refractivity contribution in [1.29, 1.82) is 0 Å². The van der Waals surface area contributed by atoms with Gasteiger partial charge in [-0.25, -0.2) is 0 Å². The number of phenols is 1. The Bertz CT molecular complexity index is 1110. The molecule has 0 saturated carbocycles. The first-order valence-corrected chi connectivity index (χ1v) is 14.1. The summed E-state index contributed by atoms with van der Waals surface area (Å²) >= 11 is 0. The van der Waals surface area contributed by atoms with Crippen molar-refractivity contribution in [2.75, 3.05) is 24.3 Å². The van der Waals surface area contributed by atoms with Gasteiger partial charge in [-0.15, -0.1) is 0 Å². The Labute approximate surface area is 222 Å². The van der Waals surface area contributed by atoms with Gasteiger partial charge < -0.3 is 20.5 Å². The van der Waals surface area contributed by atoms with Crippen molar-refractivity contribution < 1.29 is 14.6 Å². The molecule has 0 aliphatic rings. The van der Waals surface area contributed by atoms with Crippen molar-refractivity contribution in [2.45, 2.75) is 84.0 Å². The molecule has 5 heteroatoms. The number of para-hydroxylation sites is 2. The average Bonchev–Trinajstić information content (AvgIpc) is 2.92. The van der Waals surface area contributed by atoms with Crippen LogP contribution in [-0.4, -0.2) is 24.7 Å². The summed E-state index contributed by atoms with van der Waals surface area (Å²) in [7, 11) is 1.83. The van der Waals surface area contributed by atoms with Gasteiger partial charge in [-0.1, -0.05) is 108 Å². The van der Waals surface area contributed by atoms with E-state index in [1.165, 1.54) is 64.2 Å². The molecular formula is C32H44N2O3. The second-order valence-corrected chi connectivity index (χ2v) is 9.80. The molecule has 3 aromatic rings. The fraction of sp³-hybridized carbons (Fsp3) is 0.469. The minimum absolute atomic E-state index is 0.0259. The van der Waals surface area contributed by atoms with Gasteiger partial charge in [-0.2, -0.15) is 0 Å². The highest BCUT2D eigenvalue weighted by Gasteiger charge is 2.16. The fourth-order valence-corrected chi connectivity index (χ4v) is 4.75. The number of ether oxygens (including phenoxy) is 1. The van der Waals surface area contributed by atoms with Gasteiger partial charge in [0.15, 0.2) is 0 Å². The molecule has 0 heterocycles. The lowest BCUT2D eigenvalue weighted by atomic mass is 10.0. The fourth-order valence-electron chi connectivity index (χ4n) is 4.75. The summed E-state index contributed by atoms with van der Waals surface area (Å²) in [5.74, 6) is 0.259. The Morgan fingerprint density at radius 3 is 2.03 bits per heavy atom. The van der Waals surface area contributed by atoms with Crippen molar-refractivity contribution in [1.82, 2.24) is 0 Å². The predicted molar refractivity (Wildman–Crippen MR) is 156 cm³/mol. The third kappa shape index (κ3) is 8.70. The van der Waals surface area contributed by atoms with Crippen molar-refractivity contribution >= 4 is 28.1 Å². The van der Waals surface area contributed by atoms with Crippen LogP contribution in [0, 0.1) is 0 Å². The van der Waals surface area contributed by atoms with Gasteiger partial charge >= 0.3 is 0 Å². The molecule has 200 valence electrons. The number of fused-ring (bicyclic) bond motifs is 1. The Morgan fingerprint density at radius 1 is 0.730 bits per heavy atom. The monoisotopic (exact) mass is 504 g/mol. The van der Waals surface area contributed by atoms with E-state index < -0.39 is 0 Å². The number of hydrogen-bond donors (Lipinski definition) is 3. The zero-order valence-electron chi connectivity index (χ0n) is 22.7. The Kier molecular flexibility index (Phi) is 12.1. The van der Waals surface area contributed by atoms with Crippen LogP contribution in [-0.2, 0) is 0 Å². The minimum Gasteiger partial charge on any atom is -0.506 e. The summed E-state index contributed by atoms with van der Waals surface area (Å²) < 4.78 is 6.01. The zero-order chi connectivity index (χ0) is 26.3. The number of nitrogens with one attached hydrogen (secondary N) is 2. The molecule has 0 aliphatic carbocycles. The molecule has 0 fully saturated rings. The summed E-state index contributed by atoms with van der Waals surface area (Å²) in [6.07, 6.45) is 15.7. The van der Waals surface area contributed by atoms with Gasteiger partial charge in [0.2, 0.25) is 0 Å². The van der Waals surface area contributed by atoms with Crippen LogP contribution in [0.3, 0.4) is 0 Å². The lowest BCUT2D eigenvalue weighted by Gasteiger charge is -2.14. The van der Waals surface area contributed by atoms with E-state index in [9.17, 15) is 9.90 Å². The van der Waals surface area contributed by atoms with Crippen molar-refractivity contribution in [3.8, 4) is 11.5 Å². The normalized spacial score (nSPS) is 11.0. The van der Waals surface area contributed by atoms with E-state index in [-0.39, 0.29) is 17.2 Å². The second kappa shape index (κ2) is 15.8. The third-order valence-corrected chi connectivity index (χ3v) is 6.94. The number of benzene rings is 3. The number of phenolic OH excluding ortho intramolecular Hbond substituents is 1. The van der Waals surface area contributed by atoms with Crippen LogP contribution in [0.2, 0.25) is 0 Å². The molecule has 5 nitrogen and oxygen atoms in total. The summed E-state index contributed by atoms with van der Waals surface area (Å²) in [5, 5.41) is 18.3. The van der Waals surface area contributed by atoms with E-state index in [0.717, 1.165) is 23.9 Å². The van der Waals surface area contributed by atoms with E-state index >= 15 is 0 Å². The number of carbonyl (C=O) groups is 1. The average molecular weight is 505 g/mol. The summed E-state index contributed by atoms with van der Waals surface area (Å²) in [4.78, 5) is 13.0. The molecule has 0 spiro atoms. The molecule has 0 radical (unpaired) electrons. The van der Waals surface area contributed by atoms with Crippen LogP contribution in [0.5, 0.6) is 11.5 Å². The van der Waals surface area contributed by atoms with Crippen molar-refractivity contribution in [3.63, 3.8) is 0 Å². The maximum absolute atomic E-state index is 13.0. The number of rotatable bonds is 17. The van der Waals surface area contributed by atoms with Gasteiger partial charge in [-0.3, -0.25) is 4.79 Å². The Morgan fingerprint density at radius 2 is 1.35 bits per heavy atom. The van der Waals surface area contributed by atoms with Crippen LogP contribution in [0.1, 0.15) is 94.3 Å². The van der Waals surface area contributed by atoms with E-state index in [1.54, 1.807) is 6.07 Å². The molecular weight excluding hydrogens is 460 g/mol. The van der Waals surface area contributed by atoms with Crippen LogP contribution in [0.15, 0.2) is 54.6 Å². The van der Waals surface area contributed by atoms with Crippen molar-refractivity contribution in [2.24, 2.45) is 0 Å². The number of unbranched alkanes of at least 4 members (excludes halogenated alkanes) is 11. The zero-order valence-corrected chi connectivity index (χ0v) is 22.7. The predicted octanol–water partition coefficient (Wildman–Crippen LogP) is 8.92. The summed E-state index contributed by atoms with van der Waals surface area (Å²) in [6, 6.07) is 16.6. The molecule has 0 aromatic heterocycles. The molecule has 0 unspecified atom stereocenters. The van der Waals surface area contributed by atoms with Gasteiger partial charge in [0.05, 0.1) is 17.9 Å². The van der Waals surface area contributed by atoms with Crippen LogP contribution < -0.4 is 15.4 Å². The maximum Gasteiger partial charge on any atom is 0.259 e. The number of amides is 1. The van der Waals surface area contributed by atoms with E-state index in [1.807, 2.05) is 55.6 Å². The topological polar surface area (TPSA) is 70.6 Å². The Balaban J connectivity index is 1.42. The maximum atomic E-state index is 13.0. The first-order chi connectivity index (χ1) is 18.2. The van der Waals surface area contributed by atoms with E-state index in [2.05, 4.69) is 17.6 Å². The first kappa shape index (κ1) is 28.4. The molecule has 3 N–H and O–H groups in total. The molecule has 3 rings (SSSR count). The third-order valence-electron chi connectivity index (χ3n) is 6.94. The lowest BCUT2D eigenvalue weighted by Crippen LogP contribution is -2.13. The van der Waals surface area contributed by atoms with Crippen LogP contribution in [0.4, 0.5) is 11.4 Å². The Hall–Kier alpha value is -3.21. The number of carbonyl (C=O) groups excluding carboxylic acids is 1. The highest BCUT2D eigenvalue weighted by Crippen LogP contribution is 2.34. The second-order valence-electron chi connectivity index (χ2n) is 9.80. The molecule has 0 aliphatic heterocycles. The number of aromatic hydroxyl groups is 1. The standard InChI is InChI=1S/C32H44N2O3/c1-3-4-5-6-7-8-9-10-11-12-13-16-24-37-30-21-15-14-19-29(30)34-32(36)27-23-22-25-26(31(27)35)18-17-20-28(25)33-2/h14-15,17-23,33,35H,3-13,16,24H2,1-2H3,(H,34,36). The van der Waals surface area contributed by atoms with Gasteiger partial charge in [0.25, 0.3) is 5.91 Å². The quantitative estimate of drug-likeness (QED) is 0.160. The molecule has 0 bridgehead atoms. The van der Waals surface area contributed by atoms with Crippen LogP contribution in [0.25, 0.3) is 10.8 Å². The molecule has 0 atom stereocenters. The van der Waals surface area contributed by atoms with Crippen molar-refractivity contribution in [3.05, 3.63) is 60.2 Å². The van der Waals surface area contributed by atoms with Crippen LogP contribution >= 0.6 is 0 Å². The minimum atomic E-state index is -0.365. The van der Waals surface area contributed by atoms with Gasteiger partial charge in [0, 0.05) is 23.5 Å². The SMILES string of the molecule is CCCCCCCCCCCCCCOc1ccccc1NC(=O)c1ccc2c(NC)cccc2c1O. The lowest BCUT2D eigenvalue weighted by molar-refractivity contribution is 0.102. The molecule has 3 aromatic carbocycles. The van der Waals surface area contributed by atoms with E-state index in [4.69, 9.17) is 4.74 Å². The largest absolute Gasteiger partial charge is 0.506 e. The first-order valence-electron chi connectivity index (χ1n) is 14.1. The summed E-state index contributed by atoms with van der Waals surface area (Å²) in [5.41, 5.74) is 1.74. The summed E-state index contributed by atoms with van der Waals surface area (Å²) in [6.45, 7) is 2.89. The van der Waals surface area contributed by atoms with Gasteiger partial charge in [-0.05, 0) is 30.7 Å². The molecule has 1 amide bonds. The molecule has 37 heavy (non-hydrogen) atoms. The number of hydrogen-bond acceptors (Lipinski definition) is 4.